The van der Waals surface area contributed by atoms with Crippen LogP contribution in [-0.4, -0.2) is 19.9 Å². The highest BCUT2D eigenvalue weighted by molar-refractivity contribution is 6.31. The molecule has 1 N–H and O–H groups in total. The molecule has 0 saturated heterocycles. The predicted octanol–water partition coefficient (Wildman–Crippen LogP) is 3.36. The summed E-state index contributed by atoms with van der Waals surface area (Å²) in [4.78, 5) is 4.00. The van der Waals surface area contributed by atoms with Crippen LogP contribution in [0.2, 0.25) is 5.02 Å². The summed E-state index contributed by atoms with van der Waals surface area (Å²) in [6.07, 6.45) is 0.565. The summed E-state index contributed by atoms with van der Waals surface area (Å²) < 4.78 is 1.68. The summed E-state index contributed by atoms with van der Waals surface area (Å²) in [5, 5.41) is 33.5. The Kier molecular flexibility index (Phi) is 4.73. The highest BCUT2D eigenvalue weighted by Gasteiger charge is 2.22. The standard InChI is InChI=1S/C19H14ClN5O/c1-11-18(19(26)14-3-5-15(9-22)23-10-14)12(2)25(24-11)16-6-4-13(8-21)17(20)7-16/h3-7,10,19,26H,1-2H3. The maximum absolute atomic E-state index is 10.8. The molecule has 26 heavy (non-hydrogen) atoms. The second-order valence-corrected chi connectivity index (χ2v) is 6.17. The molecular formula is C19H14ClN5O. The van der Waals surface area contributed by atoms with E-state index >= 15 is 0 Å². The topological polar surface area (TPSA) is 98.5 Å². The van der Waals surface area contributed by atoms with Gasteiger partial charge in [0.2, 0.25) is 0 Å². The molecule has 2 aromatic heterocycles. The van der Waals surface area contributed by atoms with E-state index in [1.54, 1.807) is 35.0 Å². The van der Waals surface area contributed by atoms with E-state index < -0.39 is 6.10 Å². The Morgan fingerprint density at radius 3 is 2.50 bits per heavy atom. The summed E-state index contributed by atoms with van der Waals surface area (Å²) in [7, 11) is 0. The van der Waals surface area contributed by atoms with Crippen LogP contribution in [0.3, 0.4) is 0 Å². The van der Waals surface area contributed by atoms with E-state index in [4.69, 9.17) is 22.1 Å². The van der Waals surface area contributed by atoms with Crippen LogP contribution in [0.15, 0.2) is 36.5 Å². The molecule has 0 amide bonds. The number of aliphatic hydroxyl groups is 1. The van der Waals surface area contributed by atoms with Crippen LogP contribution in [0.4, 0.5) is 0 Å². The molecule has 3 rings (SSSR count). The normalized spacial score (nSPS) is 11.6. The molecule has 3 aromatic rings. The first-order chi connectivity index (χ1) is 12.5. The number of aliphatic hydroxyl groups excluding tert-OH is 1. The number of benzene rings is 1. The molecule has 7 heteroatoms. The van der Waals surface area contributed by atoms with Crippen molar-refractivity contribution < 1.29 is 5.11 Å². The molecule has 2 heterocycles. The zero-order chi connectivity index (χ0) is 18.8. The fraction of sp³-hybridized carbons (Fsp3) is 0.158. The van der Waals surface area contributed by atoms with Crippen molar-refractivity contribution in [3.8, 4) is 17.8 Å². The van der Waals surface area contributed by atoms with Gasteiger partial charge in [0, 0.05) is 23.0 Å². The number of rotatable bonds is 3. The summed E-state index contributed by atoms with van der Waals surface area (Å²) in [6, 6.07) is 12.3. The zero-order valence-electron chi connectivity index (χ0n) is 14.1. The molecule has 0 aliphatic carbocycles. The highest BCUT2D eigenvalue weighted by Crippen LogP contribution is 2.29. The Balaban J connectivity index is 2.04. The SMILES string of the molecule is Cc1nn(-c2ccc(C#N)c(Cl)c2)c(C)c1C(O)c1ccc(C#N)nc1. The molecule has 0 spiro atoms. The first-order valence-electron chi connectivity index (χ1n) is 7.76. The summed E-state index contributed by atoms with van der Waals surface area (Å²) in [5.41, 5.74) is 4.04. The largest absolute Gasteiger partial charge is 0.383 e. The van der Waals surface area contributed by atoms with Crippen molar-refractivity contribution >= 4 is 11.6 Å². The maximum atomic E-state index is 10.8. The van der Waals surface area contributed by atoms with E-state index in [0.717, 1.165) is 5.69 Å². The molecule has 0 aliphatic heterocycles. The molecule has 1 unspecified atom stereocenters. The van der Waals surface area contributed by atoms with Crippen molar-refractivity contribution in [2.24, 2.45) is 0 Å². The van der Waals surface area contributed by atoms with Gasteiger partial charge >= 0.3 is 0 Å². The first-order valence-corrected chi connectivity index (χ1v) is 8.14. The number of nitrogens with zero attached hydrogens (tertiary/aromatic N) is 5. The smallest absolute Gasteiger partial charge is 0.140 e. The van der Waals surface area contributed by atoms with Gasteiger partial charge in [-0.2, -0.15) is 15.6 Å². The van der Waals surface area contributed by atoms with Gasteiger partial charge in [0.15, 0.2) is 0 Å². The van der Waals surface area contributed by atoms with E-state index in [1.807, 2.05) is 26.0 Å². The van der Waals surface area contributed by atoms with Gasteiger partial charge in [-0.3, -0.25) is 0 Å². The van der Waals surface area contributed by atoms with Crippen LogP contribution in [0, 0.1) is 36.5 Å². The van der Waals surface area contributed by atoms with Crippen molar-refractivity contribution in [3.63, 3.8) is 0 Å². The van der Waals surface area contributed by atoms with Crippen molar-refractivity contribution in [3.05, 3.63) is 75.3 Å². The van der Waals surface area contributed by atoms with Gasteiger partial charge in [-0.1, -0.05) is 17.7 Å². The number of aromatic nitrogens is 3. The second kappa shape index (κ2) is 6.97. The highest BCUT2D eigenvalue weighted by atomic mass is 35.5. The third kappa shape index (κ3) is 3.04. The number of hydrogen-bond acceptors (Lipinski definition) is 5. The fourth-order valence-electron chi connectivity index (χ4n) is 2.83. The summed E-state index contributed by atoms with van der Waals surface area (Å²) >= 11 is 6.12. The molecule has 0 bridgehead atoms. The number of aryl methyl sites for hydroxylation is 1. The molecule has 6 nitrogen and oxygen atoms in total. The van der Waals surface area contributed by atoms with Gasteiger partial charge in [0.05, 0.1) is 22.0 Å². The Morgan fingerprint density at radius 2 is 1.92 bits per heavy atom. The van der Waals surface area contributed by atoms with Crippen LogP contribution in [-0.2, 0) is 0 Å². The van der Waals surface area contributed by atoms with Crippen LogP contribution in [0.5, 0.6) is 0 Å². The predicted molar refractivity (Wildman–Crippen MR) is 95.8 cm³/mol. The quantitative estimate of drug-likeness (QED) is 0.769. The Bertz CT molecular complexity index is 1060. The van der Waals surface area contributed by atoms with E-state index in [9.17, 15) is 5.11 Å². The molecule has 0 saturated carbocycles. The lowest BCUT2D eigenvalue weighted by Gasteiger charge is -2.12. The van der Waals surface area contributed by atoms with Gasteiger partial charge in [0.1, 0.15) is 23.9 Å². The Hall–Kier alpha value is -3.19. The minimum Gasteiger partial charge on any atom is -0.383 e. The van der Waals surface area contributed by atoms with Crippen LogP contribution >= 0.6 is 11.6 Å². The minimum absolute atomic E-state index is 0.289. The average Bonchev–Trinajstić information content (AvgIpc) is 2.95. The number of pyridine rings is 1. The van der Waals surface area contributed by atoms with Gasteiger partial charge in [-0.25, -0.2) is 9.67 Å². The number of nitriles is 2. The van der Waals surface area contributed by atoms with Gasteiger partial charge in [-0.05, 0) is 38.1 Å². The van der Waals surface area contributed by atoms with Crippen LogP contribution in [0.25, 0.3) is 5.69 Å². The third-order valence-electron chi connectivity index (χ3n) is 4.16. The van der Waals surface area contributed by atoms with Crippen LogP contribution < -0.4 is 0 Å². The molecule has 0 fully saturated rings. The van der Waals surface area contributed by atoms with E-state index in [0.29, 0.717) is 33.1 Å². The van der Waals surface area contributed by atoms with E-state index in [1.165, 1.54) is 6.20 Å². The molecule has 0 aliphatic rings. The van der Waals surface area contributed by atoms with Crippen LogP contribution in [0.1, 0.15) is 39.9 Å². The van der Waals surface area contributed by atoms with E-state index in [-0.39, 0.29) is 5.69 Å². The summed E-state index contributed by atoms with van der Waals surface area (Å²) in [6.45, 7) is 3.66. The number of halogens is 1. The molecule has 0 radical (unpaired) electrons. The van der Waals surface area contributed by atoms with Crippen molar-refractivity contribution in [2.75, 3.05) is 0 Å². The monoisotopic (exact) mass is 363 g/mol. The zero-order valence-corrected chi connectivity index (χ0v) is 14.9. The third-order valence-corrected chi connectivity index (χ3v) is 4.47. The molecule has 1 aromatic carbocycles. The fourth-order valence-corrected chi connectivity index (χ4v) is 3.05. The Morgan fingerprint density at radius 1 is 1.15 bits per heavy atom. The lowest BCUT2D eigenvalue weighted by molar-refractivity contribution is 0.218. The van der Waals surface area contributed by atoms with Crippen molar-refractivity contribution in [2.45, 2.75) is 20.0 Å². The Labute approximate surface area is 155 Å². The van der Waals surface area contributed by atoms with Gasteiger partial charge in [0.25, 0.3) is 0 Å². The van der Waals surface area contributed by atoms with Crippen molar-refractivity contribution in [1.82, 2.24) is 14.8 Å². The number of hydrogen-bond donors (Lipinski definition) is 1. The molecule has 1 atom stereocenters. The summed E-state index contributed by atoms with van der Waals surface area (Å²) in [5.74, 6) is 0. The van der Waals surface area contributed by atoms with Crippen molar-refractivity contribution in [1.29, 1.82) is 10.5 Å². The average molecular weight is 364 g/mol. The lowest BCUT2D eigenvalue weighted by atomic mass is 10.0. The van der Waals surface area contributed by atoms with Gasteiger partial charge < -0.3 is 5.11 Å². The maximum Gasteiger partial charge on any atom is 0.140 e. The molecule has 128 valence electrons. The minimum atomic E-state index is -0.919. The second-order valence-electron chi connectivity index (χ2n) is 5.76. The van der Waals surface area contributed by atoms with Gasteiger partial charge in [-0.15, -0.1) is 0 Å². The lowest BCUT2D eigenvalue weighted by Crippen LogP contribution is -2.05. The van der Waals surface area contributed by atoms with E-state index in [2.05, 4.69) is 10.1 Å². The molecular weight excluding hydrogens is 350 g/mol. The first kappa shape index (κ1) is 17.6.